The van der Waals surface area contributed by atoms with E-state index < -0.39 is 11.3 Å². The number of hydrogen-bond donors (Lipinski definition) is 1. The number of aliphatic imine (C=N–C) groups is 2. The Bertz CT molecular complexity index is 1180. The lowest BCUT2D eigenvalue weighted by molar-refractivity contribution is -0.125. The van der Waals surface area contributed by atoms with Crippen LogP contribution in [0.4, 0.5) is 11.4 Å². The summed E-state index contributed by atoms with van der Waals surface area (Å²) in [5, 5.41) is 3.24. The Balaban J connectivity index is 1.64. The summed E-state index contributed by atoms with van der Waals surface area (Å²) in [6.45, 7) is 12.2. The molecule has 178 valence electrons. The lowest BCUT2D eigenvalue weighted by Crippen LogP contribution is -2.43. The summed E-state index contributed by atoms with van der Waals surface area (Å²) in [6, 6.07) is 11.4. The van der Waals surface area contributed by atoms with Crippen molar-refractivity contribution >= 4 is 46.0 Å². The second-order valence-electron chi connectivity index (χ2n) is 9.15. The second-order valence-corrected chi connectivity index (χ2v) is 10.3. The molecule has 0 bridgehead atoms. The fourth-order valence-corrected chi connectivity index (χ4v) is 5.49. The first-order chi connectivity index (χ1) is 16.2. The van der Waals surface area contributed by atoms with Crippen LogP contribution < -0.4 is 5.32 Å². The van der Waals surface area contributed by atoms with Crippen LogP contribution in [0.3, 0.4) is 0 Å². The van der Waals surface area contributed by atoms with Gasteiger partial charge < -0.3 is 5.32 Å². The molecule has 0 spiro atoms. The van der Waals surface area contributed by atoms with Gasteiger partial charge in [0.1, 0.15) is 11.9 Å². The largest absolute Gasteiger partial charge is 0.325 e. The van der Waals surface area contributed by atoms with E-state index in [1.165, 1.54) is 17.3 Å². The summed E-state index contributed by atoms with van der Waals surface area (Å²) < 4.78 is 0. The van der Waals surface area contributed by atoms with Gasteiger partial charge in [-0.3, -0.25) is 14.6 Å². The van der Waals surface area contributed by atoms with Crippen molar-refractivity contribution in [1.82, 2.24) is 4.90 Å². The molecule has 0 fully saturated rings. The van der Waals surface area contributed by atoms with Crippen LogP contribution >= 0.6 is 11.8 Å². The minimum absolute atomic E-state index is 0.0643. The molecule has 1 N–H and O–H groups in total. The molecular weight excluding hydrogens is 444 g/mol. The normalized spacial score (nSPS) is 18.6. The van der Waals surface area contributed by atoms with Gasteiger partial charge in [0.2, 0.25) is 5.91 Å². The Morgan fingerprint density at radius 1 is 1.12 bits per heavy atom. The van der Waals surface area contributed by atoms with Crippen molar-refractivity contribution in [3.05, 3.63) is 58.7 Å². The average Bonchev–Trinajstić information content (AvgIpc) is 3.16. The molecule has 2 amide bonds. The summed E-state index contributed by atoms with van der Waals surface area (Å²) in [5.74, 6) is 0.615. The maximum Gasteiger partial charge on any atom is 0.259 e. The van der Waals surface area contributed by atoms with Crippen molar-refractivity contribution in [2.24, 2.45) is 15.9 Å². The topological polar surface area (TPSA) is 74.1 Å². The van der Waals surface area contributed by atoms with Crippen molar-refractivity contribution in [1.29, 1.82) is 0 Å². The lowest BCUT2D eigenvalue weighted by atomic mass is 10.00. The highest BCUT2D eigenvalue weighted by Gasteiger charge is 2.43. The van der Waals surface area contributed by atoms with E-state index in [9.17, 15) is 9.59 Å². The molecule has 0 unspecified atom stereocenters. The number of amides is 2. The van der Waals surface area contributed by atoms with Crippen molar-refractivity contribution < 1.29 is 9.59 Å². The van der Waals surface area contributed by atoms with E-state index >= 15 is 0 Å². The van der Waals surface area contributed by atoms with E-state index in [-0.39, 0.29) is 17.7 Å². The maximum absolute atomic E-state index is 13.4. The minimum Gasteiger partial charge on any atom is -0.325 e. The van der Waals surface area contributed by atoms with Crippen LogP contribution in [0.1, 0.15) is 55.9 Å². The Hall–Kier alpha value is -2.93. The SMILES string of the molecule is CC[C@H](SC1=Nc2ccccc2C2=N[C@H]([C@@H](C)CC)C(=O)N12)C(=O)Nc1c(C)cc(C)cc1C. The first-order valence-corrected chi connectivity index (χ1v) is 12.8. The van der Waals surface area contributed by atoms with Crippen LogP contribution in [0.15, 0.2) is 46.4 Å². The van der Waals surface area contributed by atoms with Crippen LogP contribution in [0.2, 0.25) is 0 Å². The molecule has 0 saturated heterocycles. The number of aryl methyl sites for hydroxylation is 3. The molecule has 6 nitrogen and oxygen atoms in total. The monoisotopic (exact) mass is 476 g/mol. The highest BCUT2D eigenvalue weighted by molar-refractivity contribution is 8.15. The van der Waals surface area contributed by atoms with Crippen molar-refractivity contribution in [2.75, 3.05) is 5.32 Å². The predicted molar refractivity (Wildman–Crippen MR) is 141 cm³/mol. The molecule has 34 heavy (non-hydrogen) atoms. The molecule has 0 radical (unpaired) electrons. The van der Waals surface area contributed by atoms with Gasteiger partial charge in [-0.15, -0.1) is 0 Å². The van der Waals surface area contributed by atoms with E-state index in [0.717, 1.165) is 34.5 Å². The highest BCUT2D eigenvalue weighted by Crippen LogP contribution is 2.37. The van der Waals surface area contributed by atoms with Crippen LogP contribution in [0.25, 0.3) is 0 Å². The summed E-state index contributed by atoms with van der Waals surface area (Å²) >= 11 is 1.34. The number of anilines is 1. The zero-order chi connectivity index (χ0) is 24.6. The third-order valence-corrected chi connectivity index (χ3v) is 7.83. The molecule has 4 rings (SSSR count). The number of nitrogens with one attached hydrogen (secondary N) is 1. The van der Waals surface area contributed by atoms with Gasteiger partial charge in [-0.05, 0) is 56.4 Å². The van der Waals surface area contributed by atoms with E-state index in [0.29, 0.717) is 17.4 Å². The van der Waals surface area contributed by atoms with Gasteiger partial charge in [-0.2, -0.15) is 0 Å². The molecule has 7 heteroatoms. The number of hydrogen-bond acceptors (Lipinski definition) is 5. The van der Waals surface area contributed by atoms with Crippen molar-refractivity contribution in [2.45, 2.75) is 65.7 Å². The van der Waals surface area contributed by atoms with Crippen LogP contribution in [0.5, 0.6) is 0 Å². The summed E-state index contributed by atoms with van der Waals surface area (Å²) in [4.78, 5) is 38.0. The van der Waals surface area contributed by atoms with Crippen LogP contribution in [-0.4, -0.2) is 39.0 Å². The quantitative estimate of drug-likeness (QED) is 0.575. The van der Waals surface area contributed by atoms with Gasteiger partial charge in [-0.25, -0.2) is 9.89 Å². The Morgan fingerprint density at radius 2 is 1.79 bits per heavy atom. The molecule has 2 heterocycles. The predicted octanol–water partition coefficient (Wildman–Crippen LogP) is 5.77. The van der Waals surface area contributed by atoms with Crippen LogP contribution in [0, 0.1) is 26.7 Å². The fraction of sp³-hybridized carbons (Fsp3) is 0.407. The number of carbonyl (C=O) groups excluding carboxylic acids is 2. The molecule has 2 aromatic carbocycles. The molecule has 0 aliphatic carbocycles. The molecule has 0 saturated carbocycles. The zero-order valence-corrected chi connectivity index (χ0v) is 21.5. The number of thioether (sulfide) groups is 1. The second kappa shape index (κ2) is 9.74. The lowest BCUT2D eigenvalue weighted by Gasteiger charge is -2.28. The van der Waals surface area contributed by atoms with E-state index in [4.69, 9.17) is 9.98 Å². The number of para-hydroxylation sites is 1. The zero-order valence-electron chi connectivity index (χ0n) is 20.7. The Kier molecular flexibility index (Phi) is 6.94. The third-order valence-electron chi connectivity index (χ3n) is 6.52. The standard InChI is InChI=1S/C27H32N4O2S/c1-7-16(4)23-26(33)31-24(29-23)19-11-9-10-12-20(19)28-27(31)34-21(8-2)25(32)30-22-17(5)13-15(3)14-18(22)6/h9-14,16,21,23H,7-8H2,1-6H3,(H,30,32)/t16-,21-,23+/m0/s1. The van der Waals surface area contributed by atoms with Gasteiger partial charge >= 0.3 is 0 Å². The molecular formula is C27H32N4O2S. The number of nitrogens with zero attached hydrogens (tertiary/aromatic N) is 3. The van der Waals surface area contributed by atoms with Crippen molar-refractivity contribution in [3.63, 3.8) is 0 Å². The van der Waals surface area contributed by atoms with Crippen LogP contribution in [-0.2, 0) is 9.59 Å². The number of rotatable bonds is 6. The maximum atomic E-state index is 13.4. The molecule has 2 aromatic rings. The first-order valence-electron chi connectivity index (χ1n) is 11.9. The molecule has 2 aliphatic rings. The molecule has 0 aromatic heterocycles. The average molecular weight is 477 g/mol. The van der Waals surface area contributed by atoms with Gasteiger partial charge in [0, 0.05) is 11.3 Å². The number of amidine groups is 2. The minimum atomic E-state index is -0.427. The van der Waals surface area contributed by atoms with E-state index in [2.05, 4.69) is 31.3 Å². The van der Waals surface area contributed by atoms with Crippen molar-refractivity contribution in [3.8, 4) is 0 Å². The van der Waals surface area contributed by atoms with Gasteiger partial charge in [0.25, 0.3) is 5.91 Å². The van der Waals surface area contributed by atoms with Gasteiger partial charge in [-0.1, -0.05) is 68.8 Å². The third kappa shape index (κ3) is 4.41. The van der Waals surface area contributed by atoms with Gasteiger partial charge in [0.05, 0.1) is 10.9 Å². The first kappa shape index (κ1) is 24.2. The fourth-order valence-electron chi connectivity index (χ4n) is 4.47. The number of benzene rings is 2. The van der Waals surface area contributed by atoms with E-state index in [1.807, 2.05) is 52.0 Å². The molecule has 2 aliphatic heterocycles. The Morgan fingerprint density at radius 3 is 2.44 bits per heavy atom. The summed E-state index contributed by atoms with van der Waals surface area (Å²) in [5.41, 5.74) is 5.72. The van der Waals surface area contributed by atoms with Gasteiger partial charge in [0.15, 0.2) is 5.17 Å². The molecule has 3 atom stereocenters. The summed E-state index contributed by atoms with van der Waals surface area (Å²) in [6.07, 6.45) is 1.46. The summed E-state index contributed by atoms with van der Waals surface area (Å²) in [7, 11) is 0. The van der Waals surface area contributed by atoms with E-state index in [1.54, 1.807) is 4.90 Å². The smallest absolute Gasteiger partial charge is 0.259 e. The number of fused-ring (bicyclic) bond motifs is 3. The highest BCUT2D eigenvalue weighted by atomic mass is 32.2. The Labute approximate surface area is 205 Å². The number of carbonyl (C=O) groups is 2.